The average Bonchev–Trinajstić information content (AvgIpc) is 1.81. The Labute approximate surface area is 50.9 Å². The third kappa shape index (κ3) is 5.92. The van der Waals surface area contributed by atoms with Crippen molar-refractivity contribution in [2.45, 2.75) is 32.6 Å². The van der Waals surface area contributed by atoms with Gasteiger partial charge in [-0.2, -0.15) is 0 Å². The van der Waals surface area contributed by atoms with Crippen molar-refractivity contribution in [2.24, 2.45) is 0 Å². The van der Waals surface area contributed by atoms with Gasteiger partial charge in [-0.05, 0) is 6.42 Å². The van der Waals surface area contributed by atoms with E-state index in [0.29, 0.717) is 0 Å². The molecule has 0 fully saturated rings. The molecular weight excluding hydrogens is 102 g/mol. The van der Waals surface area contributed by atoms with Crippen LogP contribution in [0.25, 0.3) is 0 Å². The zero-order chi connectivity index (χ0) is 6.24. The molecule has 8 heavy (non-hydrogen) atoms. The van der Waals surface area contributed by atoms with Gasteiger partial charge in [0.15, 0.2) is 0 Å². The Kier molecular flexibility index (Phi) is 6.85. The van der Waals surface area contributed by atoms with Gasteiger partial charge in [-0.1, -0.05) is 26.2 Å². The Morgan fingerprint density at radius 3 is 2.50 bits per heavy atom. The highest BCUT2D eigenvalue weighted by molar-refractivity contribution is 4.39. The van der Waals surface area contributed by atoms with E-state index in [4.69, 9.17) is 5.21 Å². The molecule has 0 aliphatic rings. The van der Waals surface area contributed by atoms with Crippen LogP contribution in [0, 0.1) is 0 Å². The first-order chi connectivity index (χ1) is 3.91. The summed E-state index contributed by atoms with van der Waals surface area (Å²) in [6.07, 6.45) is 4.85. The van der Waals surface area contributed by atoms with Gasteiger partial charge in [0.1, 0.15) is 0 Å². The maximum Gasteiger partial charge on any atom is 0.0207 e. The molecule has 0 rings (SSSR count). The number of hydroxylamine groups is 1. The summed E-state index contributed by atoms with van der Waals surface area (Å²) in [7, 11) is 0. The molecule has 0 radical (unpaired) electrons. The standard InChI is InChI=1S/C6H15NO/c1-2-3-4-5-6-7-8/h7-8H,2-6H2,1H3. The minimum absolute atomic E-state index is 0.736. The van der Waals surface area contributed by atoms with Crippen LogP contribution >= 0.6 is 0 Å². The summed E-state index contributed by atoms with van der Waals surface area (Å²) < 4.78 is 0. The molecule has 0 heterocycles. The second-order valence-corrected chi connectivity index (χ2v) is 1.97. The summed E-state index contributed by atoms with van der Waals surface area (Å²) in [4.78, 5) is 0. The van der Waals surface area contributed by atoms with Crippen molar-refractivity contribution in [3.63, 3.8) is 0 Å². The summed E-state index contributed by atoms with van der Waals surface area (Å²) in [5.74, 6) is 0. The van der Waals surface area contributed by atoms with Crippen LogP contribution in [0.4, 0.5) is 0 Å². The van der Waals surface area contributed by atoms with E-state index in [-0.39, 0.29) is 0 Å². The van der Waals surface area contributed by atoms with Gasteiger partial charge in [-0.15, -0.1) is 0 Å². The van der Waals surface area contributed by atoms with Crippen molar-refractivity contribution in [1.82, 2.24) is 5.48 Å². The highest BCUT2D eigenvalue weighted by Gasteiger charge is 1.83. The molecule has 0 aromatic carbocycles. The summed E-state index contributed by atoms with van der Waals surface area (Å²) in [5, 5.41) is 8.12. The Balaban J connectivity index is 2.53. The predicted molar refractivity (Wildman–Crippen MR) is 33.9 cm³/mol. The number of rotatable bonds is 5. The monoisotopic (exact) mass is 117 g/mol. The first-order valence-electron chi connectivity index (χ1n) is 3.28. The largest absolute Gasteiger partial charge is 0.317 e. The molecule has 0 saturated carbocycles. The SMILES string of the molecule is CCCCCCNO. The number of unbranched alkanes of at least 4 members (excludes halogenated alkanes) is 3. The number of hydrogen-bond acceptors (Lipinski definition) is 2. The fraction of sp³-hybridized carbons (Fsp3) is 1.00. The van der Waals surface area contributed by atoms with Crippen LogP contribution in [0.5, 0.6) is 0 Å². The highest BCUT2D eigenvalue weighted by atomic mass is 16.5. The molecule has 0 unspecified atom stereocenters. The number of hydrogen-bond donors (Lipinski definition) is 2. The summed E-state index contributed by atoms with van der Waals surface area (Å²) in [5.41, 5.74) is 2.13. The van der Waals surface area contributed by atoms with E-state index in [0.717, 1.165) is 13.0 Å². The molecule has 0 spiro atoms. The van der Waals surface area contributed by atoms with Crippen LogP contribution in [0.2, 0.25) is 0 Å². The topological polar surface area (TPSA) is 32.3 Å². The summed E-state index contributed by atoms with van der Waals surface area (Å²) >= 11 is 0. The van der Waals surface area contributed by atoms with Crippen molar-refractivity contribution in [3.05, 3.63) is 0 Å². The smallest absolute Gasteiger partial charge is 0.0207 e. The third-order valence-electron chi connectivity index (χ3n) is 1.14. The van der Waals surface area contributed by atoms with Gasteiger partial charge >= 0.3 is 0 Å². The van der Waals surface area contributed by atoms with E-state index in [1.807, 2.05) is 0 Å². The first kappa shape index (κ1) is 7.92. The second-order valence-electron chi connectivity index (χ2n) is 1.97. The van der Waals surface area contributed by atoms with Crippen LogP contribution in [-0.2, 0) is 0 Å². The lowest BCUT2D eigenvalue weighted by Crippen LogP contribution is -2.07. The predicted octanol–water partition coefficient (Wildman–Crippen LogP) is 1.55. The van der Waals surface area contributed by atoms with E-state index in [1.54, 1.807) is 0 Å². The first-order valence-corrected chi connectivity index (χ1v) is 3.28. The molecule has 0 amide bonds. The van der Waals surface area contributed by atoms with Crippen molar-refractivity contribution < 1.29 is 5.21 Å². The van der Waals surface area contributed by atoms with Gasteiger partial charge in [-0.3, -0.25) is 0 Å². The maximum absolute atomic E-state index is 8.12. The molecule has 0 aliphatic carbocycles. The molecular formula is C6H15NO. The zero-order valence-corrected chi connectivity index (χ0v) is 5.48. The van der Waals surface area contributed by atoms with Gasteiger partial charge in [0.2, 0.25) is 0 Å². The zero-order valence-electron chi connectivity index (χ0n) is 5.48. The molecule has 2 N–H and O–H groups in total. The molecule has 0 bridgehead atoms. The van der Waals surface area contributed by atoms with Crippen LogP contribution in [-0.4, -0.2) is 11.8 Å². The van der Waals surface area contributed by atoms with E-state index in [9.17, 15) is 0 Å². The lowest BCUT2D eigenvalue weighted by Gasteiger charge is -1.94. The molecule has 50 valence electrons. The lowest BCUT2D eigenvalue weighted by atomic mass is 10.2. The highest BCUT2D eigenvalue weighted by Crippen LogP contribution is 1.96. The van der Waals surface area contributed by atoms with Crippen LogP contribution in [0.3, 0.4) is 0 Å². The van der Waals surface area contributed by atoms with E-state index in [1.165, 1.54) is 19.3 Å². The summed E-state index contributed by atoms with van der Waals surface area (Å²) in [6, 6.07) is 0. The Bertz CT molecular complexity index is 33.5. The van der Waals surface area contributed by atoms with Crippen molar-refractivity contribution in [3.8, 4) is 0 Å². The van der Waals surface area contributed by atoms with Crippen molar-refractivity contribution >= 4 is 0 Å². The van der Waals surface area contributed by atoms with Gasteiger partial charge in [0.25, 0.3) is 0 Å². The van der Waals surface area contributed by atoms with Crippen molar-refractivity contribution in [1.29, 1.82) is 0 Å². The Morgan fingerprint density at radius 2 is 2.00 bits per heavy atom. The Morgan fingerprint density at radius 1 is 1.25 bits per heavy atom. The molecule has 0 aliphatic heterocycles. The maximum atomic E-state index is 8.12. The second kappa shape index (κ2) is 6.92. The van der Waals surface area contributed by atoms with Gasteiger partial charge in [0.05, 0.1) is 0 Å². The fourth-order valence-electron chi connectivity index (χ4n) is 0.631. The fourth-order valence-corrected chi connectivity index (χ4v) is 0.631. The van der Waals surface area contributed by atoms with Gasteiger partial charge < -0.3 is 5.21 Å². The molecule has 0 aromatic heterocycles. The summed E-state index contributed by atoms with van der Waals surface area (Å²) in [6.45, 7) is 2.91. The quantitative estimate of drug-likeness (QED) is 0.423. The lowest BCUT2D eigenvalue weighted by molar-refractivity contribution is 0.164. The molecule has 0 aromatic rings. The van der Waals surface area contributed by atoms with E-state index < -0.39 is 0 Å². The normalized spacial score (nSPS) is 9.75. The van der Waals surface area contributed by atoms with Crippen molar-refractivity contribution in [2.75, 3.05) is 6.54 Å². The Hall–Kier alpha value is -0.0800. The van der Waals surface area contributed by atoms with Crippen LogP contribution in [0.1, 0.15) is 32.6 Å². The van der Waals surface area contributed by atoms with E-state index in [2.05, 4.69) is 12.4 Å². The molecule has 2 nitrogen and oxygen atoms in total. The molecule has 2 heteroatoms. The van der Waals surface area contributed by atoms with Gasteiger partial charge in [-0.25, -0.2) is 5.48 Å². The average molecular weight is 117 g/mol. The molecule has 0 atom stereocenters. The number of nitrogens with one attached hydrogen (secondary N) is 1. The van der Waals surface area contributed by atoms with Gasteiger partial charge in [0, 0.05) is 6.54 Å². The minimum atomic E-state index is 0.736. The third-order valence-corrected chi connectivity index (χ3v) is 1.14. The minimum Gasteiger partial charge on any atom is -0.317 e. The van der Waals surface area contributed by atoms with Crippen LogP contribution in [0.15, 0.2) is 0 Å². The van der Waals surface area contributed by atoms with Crippen LogP contribution < -0.4 is 5.48 Å². The molecule has 0 saturated heterocycles. The van der Waals surface area contributed by atoms with E-state index >= 15 is 0 Å².